The number of non-ortho nitro benzene ring substituents is 1. The van der Waals surface area contributed by atoms with Crippen LogP contribution in [0.4, 0.5) is 5.69 Å². The number of rotatable bonds is 6. The molecular formula is C23H13Br2ClN2O5. The van der Waals surface area contributed by atoms with Crippen molar-refractivity contribution in [1.82, 2.24) is 0 Å². The van der Waals surface area contributed by atoms with E-state index in [4.69, 9.17) is 21.1 Å². The summed E-state index contributed by atoms with van der Waals surface area (Å²) in [4.78, 5) is 26.8. The number of carbonyl (C=O) groups is 1. The highest BCUT2D eigenvalue weighted by Gasteiger charge is 2.25. The molecule has 33 heavy (non-hydrogen) atoms. The normalized spacial score (nSPS) is 14.2. The summed E-state index contributed by atoms with van der Waals surface area (Å²) in [6, 6.07) is 16.6. The minimum Gasteiger partial charge on any atom is -0.487 e. The minimum atomic E-state index is -0.612. The fourth-order valence-corrected chi connectivity index (χ4v) is 4.53. The van der Waals surface area contributed by atoms with Gasteiger partial charge in [-0.1, -0.05) is 23.7 Å². The van der Waals surface area contributed by atoms with Crippen molar-refractivity contribution in [3.8, 4) is 5.75 Å². The van der Waals surface area contributed by atoms with Gasteiger partial charge < -0.3 is 9.47 Å². The molecule has 3 aromatic rings. The van der Waals surface area contributed by atoms with Crippen LogP contribution in [0.5, 0.6) is 5.75 Å². The molecule has 0 amide bonds. The Morgan fingerprint density at radius 1 is 1.06 bits per heavy atom. The Kier molecular flexibility index (Phi) is 6.92. The predicted octanol–water partition coefficient (Wildman–Crippen LogP) is 6.70. The molecule has 0 bridgehead atoms. The van der Waals surface area contributed by atoms with Gasteiger partial charge in [0, 0.05) is 22.7 Å². The Morgan fingerprint density at radius 3 is 2.30 bits per heavy atom. The monoisotopic (exact) mass is 590 g/mol. The Morgan fingerprint density at radius 2 is 1.70 bits per heavy atom. The summed E-state index contributed by atoms with van der Waals surface area (Å²) in [6.07, 6.45) is 1.58. The molecule has 0 atom stereocenters. The van der Waals surface area contributed by atoms with E-state index < -0.39 is 10.9 Å². The van der Waals surface area contributed by atoms with Crippen LogP contribution in [0.3, 0.4) is 0 Å². The summed E-state index contributed by atoms with van der Waals surface area (Å²) < 4.78 is 12.5. The summed E-state index contributed by atoms with van der Waals surface area (Å²) in [6.45, 7) is 0.351. The van der Waals surface area contributed by atoms with Crippen molar-refractivity contribution in [2.75, 3.05) is 0 Å². The second-order valence-corrected chi connectivity index (χ2v) is 9.01. The first-order valence-electron chi connectivity index (χ1n) is 9.44. The molecule has 10 heteroatoms. The molecule has 0 saturated carbocycles. The highest BCUT2D eigenvalue weighted by Crippen LogP contribution is 2.36. The molecular weight excluding hydrogens is 580 g/mol. The van der Waals surface area contributed by atoms with E-state index in [1.165, 1.54) is 24.3 Å². The maximum atomic E-state index is 12.3. The van der Waals surface area contributed by atoms with Gasteiger partial charge in [-0.05, 0) is 85.5 Å². The van der Waals surface area contributed by atoms with Crippen molar-refractivity contribution in [3.05, 3.63) is 107 Å². The van der Waals surface area contributed by atoms with Gasteiger partial charge in [0.2, 0.25) is 5.90 Å². The molecule has 0 N–H and O–H groups in total. The van der Waals surface area contributed by atoms with Gasteiger partial charge in [-0.15, -0.1) is 0 Å². The number of nitrogens with zero attached hydrogens (tertiary/aromatic N) is 2. The highest BCUT2D eigenvalue weighted by molar-refractivity contribution is 9.11. The second kappa shape index (κ2) is 9.86. The van der Waals surface area contributed by atoms with Gasteiger partial charge in [-0.25, -0.2) is 9.79 Å². The number of hydrogen-bond donors (Lipinski definition) is 0. The van der Waals surface area contributed by atoms with E-state index in [1.807, 2.05) is 12.1 Å². The third-order valence-corrected chi connectivity index (χ3v) is 6.00. The first-order valence-corrected chi connectivity index (χ1v) is 11.4. The molecule has 166 valence electrons. The number of benzene rings is 3. The van der Waals surface area contributed by atoms with Gasteiger partial charge in [0.1, 0.15) is 12.4 Å². The van der Waals surface area contributed by atoms with E-state index in [1.54, 1.807) is 30.3 Å². The second-order valence-electron chi connectivity index (χ2n) is 6.87. The molecule has 7 nitrogen and oxygen atoms in total. The van der Waals surface area contributed by atoms with Gasteiger partial charge in [0.05, 0.1) is 13.9 Å². The summed E-state index contributed by atoms with van der Waals surface area (Å²) in [7, 11) is 0. The summed E-state index contributed by atoms with van der Waals surface area (Å²) in [5.74, 6) is 0.0806. The van der Waals surface area contributed by atoms with E-state index in [0.717, 1.165) is 5.56 Å². The Bertz CT molecular complexity index is 1280. The quantitative estimate of drug-likeness (QED) is 0.138. The number of halogens is 3. The van der Waals surface area contributed by atoms with Crippen LogP contribution in [0.15, 0.2) is 80.3 Å². The van der Waals surface area contributed by atoms with Gasteiger partial charge >= 0.3 is 5.97 Å². The van der Waals surface area contributed by atoms with Crippen molar-refractivity contribution in [3.63, 3.8) is 0 Å². The van der Waals surface area contributed by atoms with Crippen LogP contribution < -0.4 is 4.74 Å². The highest BCUT2D eigenvalue weighted by atomic mass is 79.9. The Hall–Kier alpha value is -3.01. The lowest BCUT2D eigenvalue weighted by Crippen LogP contribution is -2.05. The van der Waals surface area contributed by atoms with Crippen LogP contribution in [-0.4, -0.2) is 16.8 Å². The lowest BCUT2D eigenvalue weighted by atomic mass is 10.2. The largest absolute Gasteiger partial charge is 0.487 e. The fourth-order valence-electron chi connectivity index (χ4n) is 2.95. The number of nitro benzene ring substituents is 1. The van der Waals surface area contributed by atoms with Crippen molar-refractivity contribution >= 4 is 67.1 Å². The van der Waals surface area contributed by atoms with E-state index >= 15 is 0 Å². The van der Waals surface area contributed by atoms with Crippen LogP contribution in [0.2, 0.25) is 5.02 Å². The SMILES string of the molecule is O=C1OC(c2ccc([N+](=O)[O-])cc2)=N/C1=C\c1cc(Br)c(OCc2ccc(Cl)cc2)c(Br)c1. The van der Waals surface area contributed by atoms with Crippen LogP contribution in [0, 0.1) is 10.1 Å². The van der Waals surface area contributed by atoms with Gasteiger partial charge in [0.15, 0.2) is 5.70 Å². The first-order chi connectivity index (χ1) is 15.8. The van der Waals surface area contributed by atoms with Gasteiger partial charge in [-0.3, -0.25) is 10.1 Å². The molecule has 0 radical (unpaired) electrons. The number of ether oxygens (including phenoxy) is 2. The van der Waals surface area contributed by atoms with Crippen LogP contribution >= 0.6 is 43.5 Å². The third-order valence-electron chi connectivity index (χ3n) is 4.57. The average Bonchev–Trinajstić information content (AvgIpc) is 3.14. The average molecular weight is 593 g/mol. The van der Waals surface area contributed by atoms with E-state index in [0.29, 0.717) is 37.5 Å². The zero-order valence-corrected chi connectivity index (χ0v) is 20.6. The van der Waals surface area contributed by atoms with Gasteiger partial charge in [-0.2, -0.15) is 0 Å². The number of nitro groups is 1. The maximum Gasteiger partial charge on any atom is 0.363 e. The van der Waals surface area contributed by atoms with Crippen LogP contribution in [-0.2, 0) is 16.1 Å². The maximum absolute atomic E-state index is 12.3. The predicted molar refractivity (Wildman–Crippen MR) is 131 cm³/mol. The standard InChI is InChI=1S/C23H13Br2ClN2O5/c24-18-9-14(10-19(25)21(18)32-12-13-1-5-16(26)6-2-13)11-20-23(29)33-22(27-20)15-3-7-17(8-4-15)28(30)31/h1-11H,12H2/b20-11-. The Labute approximate surface area is 210 Å². The molecule has 1 heterocycles. The van der Waals surface area contributed by atoms with E-state index in [-0.39, 0.29) is 17.3 Å². The zero-order chi connectivity index (χ0) is 23.5. The number of carbonyl (C=O) groups excluding carboxylic acids is 1. The molecule has 4 rings (SSSR count). The lowest BCUT2D eigenvalue weighted by Gasteiger charge is -2.11. The van der Waals surface area contributed by atoms with Crippen LogP contribution in [0.1, 0.15) is 16.7 Å². The molecule has 0 unspecified atom stereocenters. The molecule has 0 saturated heterocycles. The van der Waals surface area contributed by atoms with Crippen molar-refractivity contribution in [2.45, 2.75) is 6.61 Å². The molecule has 0 spiro atoms. The molecule has 0 aromatic heterocycles. The number of aliphatic imine (C=N–C) groups is 1. The first kappa shape index (κ1) is 23.2. The molecule has 3 aromatic carbocycles. The van der Waals surface area contributed by atoms with Crippen molar-refractivity contribution in [2.24, 2.45) is 4.99 Å². The van der Waals surface area contributed by atoms with E-state index in [2.05, 4.69) is 36.9 Å². The topological polar surface area (TPSA) is 91.0 Å². The van der Waals surface area contributed by atoms with Crippen molar-refractivity contribution < 1.29 is 19.2 Å². The number of hydrogen-bond acceptors (Lipinski definition) is 6. The third kappa shape index (κ3) is 5.50. The molecule has 0 aliphatic carbocycles. The lowest BCUT2D eigenvalue weighted by molar-refractivity contribution is -0.384. The smallest absolute Gasteiger partial charge is 0.363 e. The zero-order valence-electron chi connectivity index (χ0n) is 16.6. The molecule has 1 aliphatic heterocycles. The van der Waals surface area contributed by atoms with Gasteiger partial charge in [0.25, 0.3) is 5.69 Å². The van der Waals surface area contributed by atoms with Crippen molar-refractivity contribution in [1.29, 1.82) is 0 Å². The summed E-state index contributed by atoms with van der Waals surface area (Å²) in [5, 5.41) is 11.5. The molecule has 0 fully saturated rings. The Balaban J connectivity index is 1.53. The minimum absolute atomic E-state index is 0.0625. The van der Waals surface area contributed by atoms with Crippen LogP contribution in [0.25, 0.3) is 6.08 Å². The molecule has 1 aliphatic rings. The number of esters is 1. The fraction of sp³-hybridized carbons (Fsp3) is 0.0435. The summed E-state index contributed by atoms with van der Waals surface area (Å²) >= 11 is 12.9. The number of cyclic esters (lactones) is 1. The van der Waals surface area contributed by atoms with E-state index in [9.17, 15) is 14.9 Å². The summed E-state index contributed by atoms with van der Waals surface area (Å²) in [5.41, 5.74) is 2.16.